The summed E-state index contributed by atoms with van der Waals surface area (Å²) in [5.41, 5.74) is 1.20. The molecule has 2 saturated heterocycles. The first-order chi connectivity index (χ1) is 18.9. The van der Waals surface area contributed by atoms with Gasteiger partial charge in [-0.3, -0.25) is 4.90 Å². The number of rotatable bonds is 11. The van der Waals surface area contributed by atoms with Crippen molar-refractivity contribution in [1.82, 2.24) is 20.2 Å². The Morgan fingerprint density at radius 3 is 2.58 bits per heavy atom. The van der Waals surface area contributed by atoms with Crippen LogP contribution in [0.4, 0.5) is 19.0 Å². The van der Waals surface area contributed by atoms with Gasteiger partial charge in [-0.2, -0.15) is 0 Å². The summed E-state index contributed by atoms with van der Waals surface area (Å²) in [6, 6.07) is 4.15. The Balaban J connectivity index is 1.70. The van der Waals surface area contributed by atoms with E-state index in [0.29, 0.717) is 55.5 Å². The van der Waals surface area contributed by atoms with Crippen molar-refractivity contribution in [2.45, 2.75) is 39.7 Å². The number of anilines is 1. The minimum Gasteiger partial charge on any atom is -0.512 e. The van der Waals surface area contributed by atoms with Gasteiger partial charge in [0.2, 0.25) is 0 Å². The number of alkyl halides is 2. The van der Waals surface area contributed by atoms with Crippen molar-refractivity contribution < 1.29 is 28.1 Å². The van der Waals surface area contributed by atoms with Gasteiger partial charge in [-0.25, -0.2) is 23.1 Å². The van der Waals surface area contributed by atoms with E-state index in [0.717, 1.165) is 6.42 Å². The highest BCUT2D eigenvalue weighted by Crippen LogP contribution is 2.43. The highest BCUT2D eigenvalue weighted by atomic mass is 19.3. The van der Waals surface area contributed by atoms with E-state index in [1.807, 2.05) is 4.90 Å². The summed E-state index contributed by atoms with van der Waals surface area (Å²) in [4.78, 5) is 13.1. The molecular formula is C28H37F3N6O3. The standard InChI is InChI=1S/C28H37F3N6O3/c1-16-25(24(17(2)32)18(3)38)34-26(21-9-20(5-6-22(21)29)40-12-19(39)10-33-4)35-27(16)37-14-28(15-37)7-8-36(13-28)11-23(30)31/h5-6,9,19,23,32-33,38-39H,7-8,10-15H2,1-4H3/b24-18+,32-17?/t19-/m1/s1. The van der Waals surface area contributed by atoms with Crippen LogP contribution >= 0.6 is 0 Å². The SMILES string of the molecule is CNC[C@@H](O)COc1ccc(F)c(-c2nc(/C(C(C)=N)=C(\C)O)c(C)c(N3CC4(CCN(CC(F)F)C4)C3)n2)c1. The van der Waals surface area contributed by atoms with Crippen LogP contribution in [0.1, 0.15) is 31.5 Å². The molecule has 2 aliphatic heterocycles. The maximum absolute atomic E-state index is 15.2. The molecule has 218 valence electrons. The van der Waals surface area contributed by atoms with Crippen LogP contribution in [-0.4, -0.2) is 96.2 Å². The van der Waals surface area contributed by atoms with E-state index in [4.69, 9.17) is 15.1 Å². The first-order valence-electron chi connectivity index (χ1n) is 13.3. The lowest BCUT2D eigenvalue weighted by Gasteiger charge is -2.49. The maximum atomic E-state index is 15.2. The van der Waals surface area contributed by atoms with Crippen LogP contribution in [0.3, 0.4) is 0 Å². The van der Waals surface area contributed by atoms with Gasteiger partial charge in [-0.1, -0.05) is 0 Å². The Kier molecular flexibility index (Phi) is 9.01. The summed E-state index contributed by atoms with van der Waals surface area (Å²) < 4.78 is 46.7. The second-order valence-electron chi connectivity index (χ2n) is 10.8. The third-order valence-corrected chi connectivity index (χ3v) is 7.42. The molecule has 4 rings (SSSR count). The van der Waals surface area contributed by atoms with Gasteiger partial charge in [0.25, 0.3) is 6.43 Å². The number of aromatic nitrogens is 2. The molecule has 9 nitrogen and oxygen atoms in total. The Labute approximate surface area is 232 Å². The fourth-order valence-corrected chi connectivity index (χ4v) is 5.60. The number of aliphatic hydroxyl groups is 2. The van der Waals surface area contributed by atoms with Crippen LogP contribution in [-0.2, 0) is 0 Å². The maximum Gasteiger partial charge on any atom is 0.251 e. The minimum atomic E-state index is -2.38. The lowest BCUT2D eigenvalue weighted by molar-refractivity contribution is 0.0900. The molecule has 40 heavy (non-hydrogen) atoms. The summed E-state index contributed by atoms with van der Waals surface area (Å²) in [5.74, 6) is 0.235. The number of likely N-dealkylation sites (tertiary alicyclic amines) is 1. The number of halogens is 3. The van der Waals surface area contributed by atoms with Crippen molar-refractivity contribution in [3.63, 3.8) is 0 Å². The summed E-state index contributed by atoms with van der Waals surface area (Å²) in [6.45, 7) is 7.27. The van der Waals surface area contributed by atoms with Crippen molar-refractivity contribution in [1.29, 1.82) is 5.41 Å². The predicted octanol–water partition coefficient (Wildman–Crippen LogP) is 3.66. The molecule has 1 atom stereocenters. The molecule has 2 aromatic rings. The first-order valence-corrected chi connectivity index (χ1v) is 13.3. The summed E-state index contributed by atoms with van der Waals surface area (Å²) in [5, 5.41) is 31.5. The molecule has 0 bridgehead atoms. The van der Waals surface area contributed by atoms with Crippen LogP contribution in [0.15, 0.2) is 24.0 Å². The molecule has 2 fully saturated rings. The molecule has 4 N–H and O–H groups in total. The van der Waals surface area contributed by atoms with Gasteiger partial charge in [0, 0.05) is 42.9 Å². The number of nitrogens with zero attached hydrogens (tertiary/aromatic N) is 4. The van der Waals surface area contributed by atoms with Gasteiger partial charge < -0.3 is 30.6 Å². The number of allylic oxidation sites excluding steroid dienone is 2. The number of likely N-dealkylation sites (N-methyl/N-ethyl adjacent to an activating group) is 1. The molecule has 0 amide bonds. The summed E-state index contributed by atoms with van der Waals surface area (Å²) in [7, 11) is 1.71. The van der Waals surface area contributed by atoms with Crippen molar-refractivity contribution in [2.24, 2.45) is 5.41 Å². The van der Waals surface area contributed by atoms with Gasteiger partial charge in [0.15, 0.2) is 5.82 Å². The largest absolute Gasteiger partial charge is 0.512 e. The summed E-state index contributed by atoms with van der Waals surface area (Å²) in [6.07, 6.45) is -2.33. The van der Waals surface area contributed by atoms with Crippen LogP contribution in [0, 0.1) is 23.6 Å². The zero-order valence-electron chi connectivity index (χ0n) is 23.3. The molecule has 0 unspecified atom stereocenters. The van der Waals surface area contributed by atoms with E-state index in [2.05, 4.69) is 10.3 Å². The van der Waals surface area contributed by atoms with Crippen molar-refractivity contribution >= 4 is 17.1 Å². The van der Waals surface area contributed by atoms with Gasteiger partial charge in [-0.15, -0.1) is 0 Å². The molecule has 1 aromatic heterocycles. The van der Waals surface area contributed by atoms with Crippen molar-refractivity contribution in [2.75, 3.05) is 57.8 Å². The van der Waals surface area contributed by atoms with E-state index in [9.17, 15) is 19.0 Å². The molecule has 1 aromatic carbocycles. The van der Waals surface area contributed by atoms with Crippen LogP contribution < -0.4 is 15.0 Å². The molecule has 3 heterocycles. The second-order valence-corrected chi connectivity index (χ2v) is 10.8. The molecule has 0 saturated carbocycles. The van der Waals surface area contributed by atoms with Crippen LogP contribution in [0.2, 0.25) is 0 Å². The number of aliphatic hydroxyl groups excluding tert-OH is 2. The Morgan fingerprint density at radius 2 is 1.95 bits per heavy atom. The number of nitrogens with one attached hydrogen (secondary N) is 2. The molecule has 0 radical (unpaired) electrons. The number of ether oxygens (including phenoxy) is 1. The summed E-state index contributed by atoms with van der Waals surface area (Å²) >= 11 is 0. The van der Waals surface area contributed by atoms with Gasteiger partial charge in [0.1, 0.15) is 35.9 Å². The quantitative estimate of drug-likeness (QED) is 0.242. The monoisotopic (exact) mass is 562 g/mol. The van der Waals surface area contributed by atoms with Crippen molar-refractivity contribution in [3.8, 4) is 17.1 Å². The Hall–Kier alpha value is -3.22. The third kappa shape index (κ3) is 6.39. The highest BCUT2D eigenvalue weighted by molar-refractivity contribution is 6.21. The normalized spacial score (nSPS) is 18.2. The molecule has 0 aliphatic carbocycles. The topological polar surface area (TPSA) is 118 Å². The van der Waals surface area contributed by atoms with Gasteiger partial charge in [0.05, 0.1) is 23.4 Å². The number of hydrogen-bond donors (Lipinski definition) is 4. The van der Waals surface area contributed by atoms with E-state index >= 15 is 4.39 Å². The van der Waals surface area contributed by atoms with E-state index in [1.54, 1.807) is 18.9 Å². The third-order valence-electron chi connectivity index (χ3n) is 7.42. The Bertz CT molecular complexity index is 1280. The second kappa shape index (κ2) is 12.1. The lowest BCUT2D eigenvalue weighted by atomic mass is 9.79. The predicted molar refractivity (Wildman–Crippen MR) is 148 cm³/mol. The number of hydrogen-bond acceptors (Lipinski definition) is 9. The smallest absolute Gasteiger partial charge is 0.251 e. The molecule has 12 heteroatoms. The van der Waals surface area contributed by atoms with E-state index < -0.39 is 18.3 Å². The fourth-order valence-electron chi connectivity index (χ4n) is 5.60. The lowest BCUT2D eigenvalue weighted by Crippen LogP contribution is -2.58. The van der Waals surface area contributed by atoms with Crippen LogP contribution in [0.5, 0.6) is 5.75 Å². The molecular weight excluding hydrogens is 525 g/mol. The van der Waals surface area contributed by atoms with Crippen LogP contribution in [0.25, 0.3) is 17.0 Å². The zero-order chi connectivity index (χ0) is 29.2. The molecule has 2 aliphatic rings. The number of benzene rings is 1. The average molecular weight is 563 g/mol. The highest BCUT2D eigenvalue weighted by Gasteiger charge is 2.49. The average Bonchev–Trinajstić information content (AvgIpc) is 3.27. The van der Waals surface area contributed by atoms with E-state index in [-0.39, 0.29) is 47.0 Å². The van der Waals surface area contributed by atoms with E-state index in [1.165, 1.54) is 32.0 Å². The first kappa shape index (κ1) is 29.8. The van der Waals surface area contributed by atoms with Gasteiger partial charge in [-0.05, 0) is 59.0 Å². The molecule has 1 spiro atoms. The zero-order valence-corrected chi connectivity index (χ0v) is 23.3. The minimum absolute atomic E-state index is 0.000798. The van der Waals surface area contributed by atoms with Crippen molar-refractivity contribution in [3.05, 3.63) is 41.0 Å². The Morgan fingerprint density at radius 1 is 1.23 bits per heavy atom. The fraction of sp³-hybridized carbons (Fsp3) is 0.536. The van der Waals surface area contributed by atoms with Gasteiger partial charge >= 0.3 is 0 Å².